The molecule has 0 unspecified atom stereocenters. The number of alkyl halides is 3. The second-order valence-electron chi connectivity index (χ2n) is 4.75. The SMILES string of the molecule is O=C(O)[C@H]1CCCN1S(=O)(=O)c1ccc(C(F)(F)F)cc1F. The van der Waals surface area contributed by atoms with E-state index in [0.717, 1.165) is 0 Å². The first-order valence-electron chi connectivity index (χ1n) is 6.16. The molecule has 0 aliphatic carbocycles. The minimum absolute atomic E-state index is 0.0663. The summed E-state index contributed by atoms with van der Waals surface area (Å²) in [5, 5.41) is 8.97. The second kappa shape index (κ2) is 5.51. The van der Waals surface area contributed by atoms with Gasteiger partial charge < -0.3 is 5.11 Å². The number of aliphatic carboxylic acids is 1. The molecular formula is C12H11F4NO4S. The van der Waals surface area contributed by atoms with Crippen molar-refractivity contribution in [2.45, 2.75) is 30.0 Å². The van der Waals surface area contributed by atoms with Gasteiger partial charge in [-0.1, -0.05) is 0 Å². The van der Waals surface area contributed by atoms with Crippen molar-refractivity contribution in [3.05, 3.63) is 29.6 Å². The normalized spacial score (nSPS) is 20.3. The fourth-order valence-corrected chi connectivity index (χ4v) is 3.99. The zero-order valence-corrected chi connectivity index (χ0v) is 11.8. The number of rotatable bonds is 3. The largest absolute Gasteiger partial charge is 0.480 e. The van der Waals surface area contributed by atoms with Gasteiger partial charge in [0.15, 0.2) is 0 Å². The van der Waals surface area contributed by atoms with Gasteiger partial charge in [0.05, 0.1) is 5.56 Å². The molecule has 1 aromatic carbocycles. The van der Waals surface area contributed by atoms with Gasteiger partial charge in [-0.3, -0.25) is 4.79 Å². The highest BCUT2D eigenvalue weighted by Gasteiger charge is 2.41. The maximum Gasteiger partial charge on any atom is 0.416 e. The highest BCUT2D eigenvalue weighted by molar-refractivity contribution is 7.89. The molecule has 1 aliphatic rings. The van der Waals surface area contributed by atoms with E-state index in [-0.39, 0.29) is 25.5 Å². The number of nitrogens with zero attached hydrogens (tertiary/aromatic N) is 1. The van der Waals surface area contributed by atoms with E-state index in [1.54, 1.807) is 0 Å². The molecule has 122 valence electrons. The lowest BCUT2D eigenvalue weighted by atomic mass is 10.2. The summed E-state index contributed by atoms with van der Waals surface area (Å²) in [4.78, 5) is 10.0. The summed E-state index contributed by atoms with van der Waals surface area (Å²) in [6, 6.07) is -0.308. The monoisotopic (exact) mass is 341 g/mol. The van der Waals surface area contributed by atoms with Gasteiger partial charge in [0.1, 0.15) is 16.8 Å². The molecule has 1 aliphatic heterocycles. The number of carboxylic acid groups (broad SMARTS) is 1. The summed E-state index contributed by atoms with van der Waals surface area (Å²) in [6.45, 7) is -0.125. The first kappa shape index (κ1) is 16.7. The third-order valence-corrected chi connectivity index (χ3v) is 5.28. The van der Waals surface area contributed by atoms with E-state index < -0.39 is 44.5 Å². The molecule has 22 heavy (non-hydrogen) atoms. The molecule has 1 N–H and O–H groups in total. The average molecular weight is 341 g/mol. The lowest BCUT2D eigenvalue weighted by molar-refractivity contribution is -0.140. The van der Waals surface area contributed by atoms with Gasteiger partial charge in [-0.15, -0.1) is 0 Å². The minimum atomic E-state index is -4.81. The van der Waals surface area contributed by atoms with Gasteiger partial charge in [-0.2, -0.15) is 17.5 Å². The molecule has 0 bridgehead atoms. The van der Waals surface area contributed by atoms with Crippen LogP contribution in [0.4, 0.5) is 17.6 Å². The molecule has 0 aromatic heterocycles. The van der Waals surface area contributed by atoms with Crippen molar-refractivity contribution in [3.63, 3.8) is 0 Å². The van der Waals surface area contributed by atoms with Gasteiger partial charge in [-0.05, 0) is 31.0 Å². The molecule has 5 nitrogen and oxygen atoms in total. The standard InChI is InChI=1S/C12H11F4NO4S/c13-8-6-7(12(14,15)16)3-4-10(8)22(20,21)17-5-1-2-9(17)11(18)19/h3-4,6,9H,1-2,5H2,(H,18,19)/t9-/m1/s1. The Hall–Kier alpha value is -1.68. The third-order valence-electron chi connectivity index (χ3n) is 3.33. The van der Waals surface area contributed by atoms with Crippen LogP contribution in [0.5, 0.6) is 0 Å². The number of hydrogen-bond donors (Lipinski definition) is 1. The summed E-state index contributed by atoms with van der Waals surface area (Å²) >= 11 is 0. The molecule has 0 saturated carbocycles. The lowest BCUT2D eigenvalue weighted by Crippen LogP contribution is -2.40. The van der Waals surface area contributed by atoms with Gasteiger partial charge in [-0.25, -0.2) is 12.8 Å². The molecule has 1 saturated heterocycles. The van der Waals surface area contributed by atoms with Gasteiger partial charge in [0, 0.05) is 6.54 Å². The molecule has 2 rings (SSSR count). The Morgan fingerprint density at radius 1 is 1.32 bits per heavy atom. The summed E-state index contributed by atoms with van der Waals surface area (Å²) in [7, 11) is -4.52. The van der Waals surface area contributed by atoms with Crippen LogP contribution >= 0.6 is 0 Å². The van der Waals surface area contributed by atoms with Crippen LogP contribution in [-0.2, 0) is 21.0 Å². The molecule has 0 amide bonds. The number of sulfonamides is 1. The van der Waals surface area contributed by atoms with E-state index in [2.05, 4.69) is 0 Å². The first-order valence-corrected chi connectivity index (χ1v) is 7.60. The molecule has 1 aromatic rings. The van der Waals surface area contributed by atoms with Crippen LogP contribution in [0.1, 0.15) is 18.4 Å². The third kappa shape index (κ3) is 2.93. The zero-order chi connectivity index (χ0) is 16.7. The topological polar surface area (TPSA) is 74.7 Å². The predicted molar refractivity (Wildman–Crippen MR) is 66.0 cm³/mol. The number of hydrogen-bond acceptors (Lipinski definition) is 3. The zero-order valence-electron chi connectivity index (χ0n) is 11.0. The van der Waals surface area contributed by atoms with Gasteiger partial charge in [0.2, 0.25) is 10.0 Å². The maximum absolute atomic E-state index is 13.8. The number of benzene rings is 1. The fraction of sp³-hybridized carbons (Fsp3) is 0.417. The summed E-state index contributed by atoms with van der Waals surface area (Å²) in [5.41, 5.74) is -1.32. The summed E-state index contributed by atoms with van der Waals surface area (Å²) < 4.78 is 76.3. The number of halogens is 4. The van der Waals surface area contributed by atoms with Crippen molar-refractivity contribution in [3.8, 4) is 0 Å². The Balaban J connectivity index is 2.44. The highest BCUT2D eigenvalue weighted by atomic mass is 32.2. The maximum atomic E-state index is 13.8. The van der Waals surface area contributed by atoms with Gasteiger partial charge >= 0.3 is 12.1 Å². The van der Waals surface area contributed by atoms with Crippen LogP contribution in [0.25, 0.3) is 0 Å². The Bertz CT molecular complexity index is 702. The molecular weight excluding hydrogens is 330 g/mol. The van der Waals surface area contributed by atoms with Crippen molar-refractivity contribution in [2.75, 3.05) is 6.54 Å². The summed E-state index contributed by atoms with van der Waals surface area (Å²) in [6.07, 6.45) is -4.46. The quantitative estimate of drug-likeness (QED) is 0.854. The Kier molecular flexibility index (Phi) is 4.18. The van der Waals surface area contributed by atoms with Crippen molar-refractivity contribution in [1.29, 1.82) is 0 Å². The molecule has 0 spiro atoms. The van der Waals surface area contributed by atoms with E-state index in [1.807, 2.05) is 0 Å². The van der Waals surface area contributed by atoms with E-state index in [1.165, 1.54) is 0 Å². The predicted octanol–water partition coefficient (Wildman–Crippen LogP) is 2.08. The van der Waals surface area contributed by atoms with Crippen LogP contribution in [0.15, 0.2) is 23.1 Å². The van der Waals surface area contributed by atoms with E-state index in [0.29, 0.717) is 16.4 Å². The fourth-order valence-electron chi connectivity index (χ4n) is 2.29. The van der Waals surface area contributed by atoms with Crippen LogP contribution < -0.4 is 0 Å². The Labute approximate surface area is 123 Å². The van der Waals surface area contributed by atoms with Crippen LogP contribution in [-0.4, -0.2) is 36.4 Å². The first-order chi connectivity index (χ1) is 10.0. The van der Waals surface area contributed by atoms with Crippen LogP contribution in [0.2, 0.25) is 0 Å². The molecule has 1 fully saturated rings. The smallest absolute Gasteiger partial charge is 0.416 e. The number of carboxylic acids is 1. The lowest BCUT2D eigenvalue weighted by Gasteiger charge is -2.21. The van der Waals surface area contributed by atoms with Crippen LogP contribution in [0.3, 0.4) is 0 Å². The molecule has 1 heterocycles. The second-order valence-corrected chi connectivity index (χ2v) is 6.61. The van der Waals surface area contributed by atoms with E-state index in [4.69, 9.17) is 5.11 Å². The van der Waals surface area contributed by atoms with Crippen molar-refractivity contribution < 1.29 is 35.9 Å². The van der Waals surface area contributed by atoms with Crippen LogP contribution in [0, 0.1) is 5.82 Å². The number of carbonyl (C=O) groups is 1. The minimum Gasteiger partial charge on any atom is -0.480 e. The van der Waals surface area contributed by atoms with Gasteiger partial charge in [0.25, 0.3) is 0 Å². The van der Waals surface area contributed by atoms with E-state index in [9.17, 15) is 30.8 Å². The van der Waals surface area contributed by atoms with Crippen molar-refractivity contribution in [1.82, 2.24) is 4.31 Å². The highest BCUT2D eigenvalue weighted by Crippen LogP contribution is 2.33. The molecule has 10 heteroatoms. The average Bonchev–Trinajstić information content (AvgIpc) is 2.87. The Morgan fingerprint density at radius 3 is 2.45 bits per heavy atom. The Morgan fingerprint density at radius 2 is 1.95 bits per heavy atom. The summed E-state index contributed by atoms with van der Waals surface area (Å²) in [5.74, 6) is -2.95. The van der Waals surface area contributed by atoms with Crippen molar-refractivity contribution >= 4 is 16.0 Å². The molecule has 1 atom stereocenters. The molecule has 0 radical (unpaired) electrons. The van der Waals surface area contributed by atoms with Crippen molar-refractivity contribution in [2.24, 2.45) is 0 Å². The van der Waals surface area contributed by atoms with E-state index >= 15 is 0 Å².